The summed E-state index contributed by atoms with van der Waals surface area (Å²) in [6.45, 7) is 2.59. The number of nitrogens with one attached hydrogen (secondary N) is 1. The molecule has 1 aromatic rings. The smallest absolute Gasteiger partial charge is 0.241 e. The Labute approximate surface area is 113 Å². The number of sulfonamides is 1. The number of rotatable bonds is 4. The molecule has 19 heavy (non-hydrogen) atoms. The minimum Gasteiger partial charge on any atom is -0.394 e. The average molecular weight is 285 g/mol. The fraction of sp³-hybridized carbons (Fsp3) is 0.538. The number of aryl methyl sites for hydroxylation is 1. The second-order valence-corrected chi connectivity index (χ2v) is 6.65. The fourth-order valence-corrected chi connectivity index (χ4v) is 3.57. The van der Waals surface area contributed by atoms with E-state index in [2.05, 4.69) is 4.72 Å². The molecule has 0 unspecified atom stereocenters. The highest BCUT2D eigenvalue weighted by molar-refractivity contribution is 7.89. The summed E-state index contributed by atoms with van der Waals surface area (Å²) in [5, 5.41) is 9.51. The Morgan fingerprint density at radius 1 is 1.26 bits per heavy atom. The van der Waals surface area contributed by atoms with Crippen LogP contribution in [0.1, 0.15) is 18.4 Å². The lowest BCUT2D eigenvalue weighted by molar-refractivity contribution is 0.0223. The zero-order valence-corrected chi connectivity index (χ0v) is 11.7. The Balaban J connectivity index is 2.22. The van der Waals surface area contributed by atoms with Gasteiger partial charge in [-0.1, -0.05) is 17.7 Å². The van der Waals surface area contributed by atoms with Gasteiger partial charge in [0.05, 0.1) is 17.0 Å². The summed E-state index contributed by atoms with van der Waals surface area (Å²) < 4.78 is 32.5. The number of ether oxygens (including phenoxy) is 1. The van der Waals surface area contributed by atoms with Gasteiger partial charge in [0, 0.05) is 13.2 Å². The highest BCUT2D eigenvalue weighted by Gasteiger charge is 2.36. The van der Waals surface area contributed by atoms with Crippen molar-refractivity contribution in [2.45, 2.75) is 30.2 Å². The van der Waals surface area contributed by atoms with Crippen LogP contribution in [0.5, 0.6) is 0 Å². The third-order valence-electron chi connectivity index (χ3n) is 3.43. The monoisotopic (exact) mass is 285 g/mol. The molecule has 0 aromatic heterocycles. The van der Waals surface area contributed by atoms with Crippen LogP contribution in [-0.2, 0) is 14.8 Å². The van der Waals surface area contributed by atoms with Crippen LogP contribution in [0.4, 0.5) is 0 Å². The predicted octanol–water partition coefficient (Wildman–Crippen LogP) is 0.815. The van der Waals surface area contributed by atoms with Gasteiger partial charge in [-0.15, -0.1) is 0 Å². The van der Waals surface area contributed by atoms with E-state index < -0.39 is 15.6 Å². The lowest BCUT2D eigenvalue weighted by Gasteiger charge is -2.35. The Morgan fingerprint density at radius 3 is 2.37 bits per heavy atom. The van der Waals surface area contributed by atoms with E-state index in [1.54, 1.807) is 24.3 Å². The van der Waals surface area contributed by atoms with E-state index in [0.29, 0.717) is 26.1 Å². The standard InChI is InChI=1S/C13H19NO4S/c1-11-2-4-12(5-3-11)19(16,17)14-13(10-15)6-8-18-9-7-13/h2-5,14-15H,6-10H2,1H3. The second-order valence-electron chi connectivity index (χ2n) is 4.97. The molecule has 2 rings (SSSR count). The van der Waals surface area contributed by atoms with Crippen LogP contribution in [-0.4, -0.2) is 38.9 Å². The Hall–Kier alpha value is -0.950. The Morgan fingerprint density at radius 2 is 1.84 bits per heavy atom. The predicted molar refractivity (Wildman–Crippen MR) is 71.4 cm³/mol. The number of hydrogen-bond acceptors (Lipinski definition) is 4. The van der Waals surface area contributed by atoms with E-state index in [1.807, 2.05) is 6.92 Å². The summed E-state index contributed by atoms with van der Waals surface area (Å²) in [4.78, 5) is 0.220. The molecule has 5 nitrogen and oxygen atoms in total. The molecule has 0 radical (unpaired) electrons. The summed E-state index contributed by atoms with van der Waals surface area (Å²) >= 11 is 0. The van der Waals surface area contributed by atoms with Crippen molar-refractivity contribution in [2.75, 3.05) is 19.8 Å². The third kappa shape index (κ3) is 3.33. The zero-order chi connectivity index (χ0) is 13.9. The minimum atomic E-state index is -3.61. The molecule has 1 aromatic carbocycles. The molecule has 0 saturated carbocycles. The molecule has 2 N–H and O–H groups in total. The summed E-state index contributed by atoms with van der Waals surface area (Å²) in [5.74, 6) is 0. The van der Waals surface area contributed by atoms with E-state index in [1.165, 1.54) is 0 Å². The van der Waals surface area contributed by atoms with Crippen molar-refractivity contribution in [1.82, 2.24) is 4.72 Å². The highest BCUT2D eigenvalue weighted by Crippen LogP contribution is 2.23. The van der Waals surface area contributed by atoms with Crippen LogP contribution in [0.15, 0.2) is 29.2 Å². The zero-order valence-electron chi connectivity index (χ0n) is 10.9. The van der Waals surface area contributed by atoms with Crippen molar-refractivity contribution in [1.29, 1.82) is 0 Å². The van der Waals surface area contributed by atoms with Crippen molar-refractivity contribution < 1.29 is 18.3 Å². The average Bonchev–Trinajstić information content (AvgIpc) is 2.40. The van der Waals surface area contributed by atoms with Crippen LogP contribution in [0.25, 0.3) is 0 Å². The summed E-state index contributed by atoms with van der Waals surface area (Å²) in [6, 6.07) is 6.65. The van der Waals surface area contributed by atoms with Crippen LogP contribution < -0.4 is 4.72 Å². The largest absolute Gasteiger partial charge is 0.394 e. The minimum absolute atomic E-state index is 0.220. The maximum Gasteiger partial charge on any atom is 0.241 e. The maximum absolute atomic E-state index is 12.3. The number of hydrogen-bond donors (Lipinski definition) is 2. The molecule has 1 fully saturated rings. The van der Waals surface area contributed by atoms with Gasteiger partial charge >= 0.3 is 0 Å². The van der Waals surface area contributed by atoms with Crippen molar-refractivity contribution >= 4 is 10.0 Å². The molecular formula is C13H19NO4S. The molecule has 1 saturated heterocycles. The van der Waals surface area contributed by atoms with Gasteiger partial charge in [-0.2, -0.15) is 0 Å². The summed E-state index contributed by atoms with van der Waals surface area (Å²) in [7, 11) is -3.61. The van der Waals surface area contributed by atoms with Crippen molar-refractivity contribution in [2.24, 2.45) is 0 Å². The number of aliphatic hydroxyl groups is 1. The molecule has 1 heterocycles. The molecule has 6 heteroatoms. The SMILES string of the molecule is Cc1ccc(S(=O)(=O)NC2(CO)CCOCC2)cc1. The van der Waals surface area contributed by atoms with Crippen molar-refractivity contribution in [3.8, 4) is 0 Å². The van der Waals surface area contributed by atoms with Crippen molar-refractivity contribution in [3.05, 3.63) is 29.8 Å². The number of aliphatic hydroxyl groups excluding tert-OH is 1. The van der Waals surface area contributed by atoms with E-state index in [9.17, 15) is 13.5 Å². The first-order valence-corrected chi connectivity index (χ1v) is 7.75. The van der Waals surface area contributed by atoms with Gasteiger partial charge in [0.25, 0.3) is 0 Å². The highest BCUT2D eigenvalue weighted by atomic mass is 32.2. The molecule has 0 aliphatic carbocycles. The van der Waals surface area contributed by atoms with Gasteiger partial charge in [0.1, 0.15) is 0 Å². The maximum atomic E-state index is 12.3. The molecule has 0 bridgehead atoms. The molecule has 0 atom stereocenters. The first-order chi connectivity index (χ1) is 8.97. The van der Waals surface area contributed by atoms with E-state index in [0.717, 1.165) is 5.56 Å². The van der Waals surface area contributed by atoms with Gasteiger partial charge in [-0.05, 0) is 31.9 Å². The molecule has 106 valence electrons. The first-order valence-electron chi connectivity index (χ1n) is 6.27. The molecule has 1 aliphatic rings. The lowest BCUT2D eigenvalue weighted by Crippen LogP contribution is -2.54. The fourth-order valence-electron chi connectivity index (χ4n) is 2.12. The van der Waals surface area contributed by atoms with Gasteiger partial charge < -0.3 is 9.84 Å². The lowest BCUT2D eigenvalue weighted by atomic mass is 9.93. The van der Waals surface area contributed by atoms with E-state index in [4.69, 9.17) is 4.74 Å². The second kappa shape index (κ2) is 5.58. The van der Waals surface area contributed by atoms with E-state index in [-0.39, 0.29) is 11.5 Å². The molecule has 0 amide bonds. The third-order valence-corrected chi connectivity index (χ3v) is 5.03. The molecule has 0 spiro atoms. The first kappa shape index (κ1) is 14.5. The quantitative estimate of drug-likeness (QED) is 0.858. The van der Waals surface area contributed by atoms with E-state index >= 15 is 0 Å². The Kier molecular flexibility index (Phi) is 4.25. The topological polar surface area (TPSA) is 75.6 Å². The number of benzene rings is 1. The van der Waals surface area contributed by atoms with Crippen LogP contribution in [0, 0.1) is 6.92 Å². The molecule has 1 aliphatic heterocycles. The van der Waals surface area contributed by atoms with Crippen LogP contribution in [0.3, 0.4) is 0 Å². The molecular weight excluding hydrogens is 266 g/mol. The van der Waals surface area contributed by atoms with Gasteiger partial charge in [-0.25, -0.2) is 13.1 Å². The van der Waals surface area contributed by atoms with Gasteiger partial charge in [0.2, 0.25) is 10.0 Å². The van der Waals surface area contributed by atoms with Gasteiger partial charge in [-0.3, -0.25) is 0 Å². The van der Waals surface area contributed by atoms with Crippen molar-refractivity contribution in [3.63, 3.8) is 0 Å². The normalized spacial score (nSPS) is 19.3. The Bertz CT molecular complexity index is 518. The van der Waals surface area contributed by atoms with Crippen LogP contribution in [0.2, 0.25) is 0 Å². The van der Waals surface area contributed by atoms with Crippen LogP contribution >= 0.6 is 0 Å². The van der Waals surface area contributed by atoms with Gasteiger partial charge in [0.15, 0.2) is 0 Å². The summed E-state index contributed by atoms with van der Waals surface area (Å²) in [5.41, 5.74) is 0.198. The summed E-state index contributed by atoms with van der Waals surface area (Å²) in [6.07, 6.45) is 0.961.